The van der Waals surface area contributed by atoms with Gasteiger partial charge in [0.1, 0.15) is 0 Å². The number of carbonyl (C=O) groups excluding carboxylic acids is 3. The van der Waals surface area contributed by atoms with E-state index >= 15 is 0 Å². The summed E-state index contributed by atoms with van der Waals surface area (Å²) in [6.07, 6.45) is 17.3. The van der Waals surface area contributed by atoms with Gasteiger partial charge in [0.25, 0.3) is 0 Å². The van der Waals surface area contributed by atoms with E-state index in [0.29, 0.717) is 60.8 Å². The van der Waals surface area contributed by atoms with Gasteiger partial charge in [-0.05, 0) is 189 Å². The zero-order chi connectivity index (χ0) is 45.7. The van der Waals surface area contributed by atoms with Gasteiger partial charge in [0.15, 0.2) is 9.84 Å². The maximum absolute atomic E-state index is 11.0. The number of nitrogens with zero attached hydrogens (tertiary/aromatic N) is 5. The molecule has 0 spiro atoms. The molecule has 356 valence electrons. The van der Waals surface area contributed by atoms with Crippen molar-refractivity contribution < 1.29 is 27.9 Å². The van der Waals surface area contributed by atoms with Gasteiger partial charge in [-0.25, -0.2) is 8.42 Å². The molecule has 4 aliphatic carbocycles. The number of imide groups is 1. The average Bonchev–Trinajstić information content (AvgIpc) is 3.94. The summed E-state index contributed by atoms with van der Waals surface area (Å²) in [5.74, 6) is 3.41. The van der Waals surface area contributed by atoms with E-state index in [1.165, 1.54) is 82.4 Å². The molecule has 2 atom stereocenters. The van der Waals surface area contributed by atoms with Gasteiger partial charge in [-0.1, -0.05) is 20.3 Å². The Morgan fingerprint density at radius 3 is 1.23 bits per heavy atom. The van der Waals surface area contributed by atoms with Gasteiger partial charge in [-0.2, -0.15) is 0 Å². The summed E-state index contributed by atoms with van der Waals surface area (Å²) in [5.41, 5.74) is 0.257. The number of hydrogen-bond donors (Lipinski definition) is 1. The summed E-state index contributed by atoms with van der Waals surface area (Å²) in [6.45, 7) is 33.5. The highest BCUT2D eigenvalue weighted by Gasteiger charge is 2.57. The number of rotatable bonds is 6. The highest BCUT2D eigenvalue weighted by molar-refractivity contribution is 7.91. The molecule has 0 aromatic carbocycles. The molecular weight excluding hydrogens is 787 g/mol. The topological polar surface area (TPSA) is 122 Å². The second kappa shape index (κ2) is 24.6. The van der Waals surface area contributed by atoms with Crippen LogP contribution in [0.25, 0.3) is 0 Å². The van der Waals surface area contributed by atoms with Crippen molar-refractivity contribution in [3.63, 3.8) is 0 Å². The molecule has 9 fully saturated rings. The summed E-state index contributed by atoms with van der Waals surface area (Å²) in [6, 6.07) is 2.45. The zero-order valence-electron chi connectivity index (χ0n) is 41.2. The maximum Gasteiger partial charge on any atom is 0.229 e. The highest BCUT2D eigenvalue weighted by atomic mass is 32.2. The normalized spacial score (nSPS) is 29.9. The van der Waals surface area contributed by atoms with Gasteiger partial charge >= 0.3 is 0 Å². The lowest BCUT2D eigenvalue weighted by Gasteiger charge is -2.62. The van der Waals surface area contributed by atoms with Crippen LogP contribution in [0.5, 0.6) is 0 Å². The van der Waals surface area contributed by atoms with Crippen LogP contribution in [-0.4, -0.2) is 149 Å². The van der Waals surface area contributed by atoms with Crippen LogP contribution in [0.2, 0.25) is 0 Å². The third kappa shape index (κ3) is 17.0. The first kappa shape index (κ1) is 53.7. The molecule has 5 aliphatic heterocycles. The fraction of sp³-hybridized carbons (Fsp3) is 0.939. The summed E-state index contributed by atoms with van der Waals surface area (Å²) in [5, 5.41) is 10.5. The van der Waals surface area contributed by atoms with Gasteiger partial charge in [0.2, 0.25) is 17.7 Å². The van der Waals surface area contributed by atoms with Crippen molar-refractivity contribution in [1.82, 2.24) is 24.5 Å². The predicted molar refractivity (Wildman–Crippen MR) is 251 cm³/mol. The molecule has 2 unspecified atom stereocenters. The Balaban J connectivity index is 0.000000197. The Morgan fingerprint density at radius 2 is 0.934 bits per heavy atom. The molecule has 61 heavy (non-hydrogen) atoms. The fourth-order valence-electron chi connectivity index (χ4n) is 11.3. The van der Waals surface area contributed by atoms with Gasteiger partial charge in [0.05, 0.1) is 17.1 Å². The Morgan fingerprint density at radius 1 is 0.508 bits per heavy atom. The van der Waals surface area contributed by atoms with Crippen LogP contribution >= 0.6 is 0 Å². The Labute approximate surface area is 374 Å². The minimum Gasteiger partial charge on any atom is -0.390 e. The van der Waals surface area contributed by atoms with E-state index < -0.39 is 9.84 Å². The van der Waals surface area contributed by atoms with E-state index in [9.17, 15) is 27.9 Å². The van der Waals surface area contributed by atoms with Gasteiger partial charge in [0, 0.05) is 69.1 Å². The summed E-state index contributed by atoms with van der Waals surface area (Å²) < 4.78 is 22.0. The van der Waals surface area contributed by atoms with Crippen molar-refractivity contribution in [1.29, 1.82) is 0 Å². The van der Waals surface area contributed by atoms with Gasteiger partial charge < -0.3 is 19.8 Å². The first-order valence-corrected chi connectivity index (χ1v) is 26.6. The van der Waals surface area contributed by atoms with Crippen LogP contribution < -0.4 is 0 Å². The molecule has 4 saturated carbocycles. The maximum atomic E-state index is 11.0. The molecule has 4 bridgehead atoms. The van der Waals surface area contributed by atoms with Gasteiger partial charge in [-0.15, -0.1) is 0 Å². The van der Waals surface area contributed by atoms with E-state index in [1.54, 1.807) is 0 Å². The SMILES string of the molecule is CC(C)C12CC3CC(CC(O)(C3)C1)C2.CC(C)N1C(=O)CCC1=O.CC(C)N1CCCC1.CC(C)N1CCCC1=O.CC(C)N1CCCCC1.CC(C)N1CCS(=O)(=O)CC1. The van der Waals surface area contributed by atoms with E-state index in [-0.39, 0.29) is 23.5 Å². The smallest absolute Gasteiger partial charge is 0.229 e. The first-order chi connectivity index (χ1) is 28.5. The fourth-order valence-corrected chi connectivity index (χ4v) is 12.5. The van der Waals surface area contributed by atoms with Crippen LogP contribution in [0.3, 0.4) is 0 Å². The summed E-state index contributed by atoms with van der Waals surface area (Å²) in [7, 11) is -2.69. The number of piperidine rings is 1. The van der Waals surface area contributed by atoms with Crippen LogP contribution in [0.4, 0.5) is 0 Å². The van der Waals surface area contributed by atoms with Crippen LogP contribution in [-0.2, 0) is 24.2 Å². The van der Waals surface area contributed by atoms with E-state index in [2.05, 4.69) is 83.9 Å². The molecule has 12 heteroatoms. The van der Waals surface area contributed by atoms with Crippen molar-refractivity contribution in [2.45, 2.75) is 215 Å². The van der Waals surface area contributed by atoms with E-state index in [4.69, 9.17) is 0 Å². The number of carbonyl (C=O) groups is 3. The number of likely N-dealkylation sites (tertiary alicyclic amines) is 4. The molecule has 0 aromatic heterocycles. The molecule has 0 radical (unpaired) electrons. The average molecular weight is 880 g/mol. The third-order valence-corrected chi connectivity index (χ3v) is 16.4. The van der Waals surface area contributed by atoms with E-state index in [0.717, 1.165) is 68.5 Å². The Kier molecular flexibility index (Phi) is 21.7. The summed E-state index contributed by atoms with van der Waals surface area (Å²) >= 11 is 0. The molecular formula is C49H93N5O6S. The van der Waals surface area contributed by atoms with Crippen molar-refractivity contribution >= 4 is 27.6 Å². The number of hydrogen-bond acceptors (Lipinski definition) is 9. The Hall–Kier alpha value is -1.60. The minimum atomic E-state index is -2.69. The lowest BCUT2D eigenvalue weighted by molar-refractivity contribution is -0.177. The molecule has 5 saturated heterocycles. The third-order valence-electron chi connectivity index (χ3n) is 14.7. The number of amides is 3. The molecule has 11 nitrogen and oxygen atoms in total. The molecule has 0 aromatic rings. The predicted octanol–water partition coefficient (Wildman–Crippen LogP) is 8.03. The minimum absolute atomic E-state index is 0.0278. The molecule has 3 amide bonds. The zero-order valence-corrected chi connectivity index (χ0v) is 42.0. The second-order valence-corrected chi connectivity index (χ2v) is 23.9. The monoisotopic (exact) mass is 880 g/mol. The largest absolute Gasteiger partial charge is 0.390 e. The van der Waals surface area contributed by atoms with Crippen molar-refractivity contribution in [3.8, 4) is 0 Å². The first-order valence-electron chi connectivity index (χ1n) is 24.8. The number of sulfone groups is 1. The molecule has 9 rings (SSSR count). The lowest BCUT2D eigenvalue weighted by Crippen LogP contribution is -2.57. The standard InChI is InChI=1S/C13H22O.C8H17N.C7H15NO2S.C7H11NO2.C7H13NO.C7H15N/c1-9(2)12-4-10-3-11(5-12)7-13(14,6-10)8-12;1-8(2)9-6-4-3-5-7-9;1-7(2)8-3-5-11(9,10)6-4-8;1-5(2)8-6(9)3-4-7(8)10;1-6(2)8-5-3-4-7(8)9;1-7(2)8-5-3-4-6-8/h9-11,14H,3-8H2,1-2H3;8H,3-7H2,1-2H3;7H,3-6H2,1-2H3;5H,3-4H2,1-2H3;6H,3-5H2,1-2H3;7H,3-6H2,1-2H3. The van der Waals surface area contributed by atoms with Gasteiger partial charge in [-0.3, -0.25) is 24.2 Å². The molecule has 5 heterocycles. The Bertz CT molecular complexity index is 1410. The van der Waals surface area contributed by atoms with Crippen molar-refractivity contribution in [2.75, 3.05) is 57.3 Å². The highest BCUT2D eigenvalue weighted by Crippen LogP contribution is 2.64. The summed E-state index contributed by atoms with van der Waals surface area (Å²) in [4.78, 5) is 43.4. The molecule has 9 aliphatic rings. The quantitative estimate of drug-likeness (QED) is 0.265. The van der Waals surface area contributed by atoms with E-state index in [1.807, 2.05) is 18.7 Å². The lowest BCUT2D eigenvalue weighted by atomic mass is 9.45. The van der Waals surface area contributed by atoms with Crippen LogP contribution in [0, 0.1) is 23.2 Å². The number of aliphatic hydroxyl groups is 1. The van der Waals surface area contributed by atoms with Crippen molar-refractivity contribution in [3.05, 3.63) is 0 Å². The second-order valence-electron chi connectivity index (χ2n) is 21.5. The van der Waals surface area contributed by atoms with Crippen LogP contribution in [0.1, 0.15) is 179 Å². The van der Waals surface area contributed by atoms with Crippen molar-refractivity contribution in [2.24, 2.45) is 23.2 Å². The van der Waals surface area contributed by atoms with Crippen LogP contribution in [0.15, 0.2) is 0 Å². The molecule has 1 N–H and O–H groups in total.